The molecule has 2 aliphatic rings. The molecule has 0 unspecified atom stereocenters. The third-order valence-corrected chi connectivity index (χ3v) is 1.61. The number of nitrogens with zero attached hydrogens (tertiary/aromatic N) is 1. The fourth-order valence-electron chi connectivity index (χ4n) is 0.859. The molecule has 2 rings (SSSR count). The number of nitrogens with two attached hydrogens (primary N) is 1. The van der Waals surface area contributed by atoms with Crippen LogP contribution in [-0.4, -0.2) is 31.3 Å². The van der Waals surface area contributed by atoms with Crippen molar-refractivity contribution >= 4 is 0 Å². The van der Waals surface area contributed by atoms with Crippen LogP contribution in [0.4, 0.5) is 0 Å². The average molecular weight is 166 g/mol. The van der Waals surface area contributed by atoms with Gasteiger partial charge in [0.05, 0.1) is 0 Å². The van der Waals surface area contributed by atoms with Gasteiger partial charge in [-0.3, -0.25) is 12.3 Å². The minimum Gasteiger partial charge on any atom is -0.445 e. The molecule has 0 aromatic heterocycles. The van der Waals surface area contributed by atoms with Gasteiger partial charge in [0.25, 0.3) is 0 Å². The van der Waals surface area contributed by atoms with E-state index in [0.29, 0.717) is 0 Å². The topological polar surface area (TPSA) is 38.5 Å². The van der Waals surface area contributed by atoms with Crippen molar-refractivity contribution in [2.24, 2.45) is 5.84 Å². The van der Waals surface area contributed by atoms with Crippen LogP contribution in [0.15, 0.2) is 0 Å². The van der Waals surface area contributed by atoms with Gasteiger partial charge in [-0.2, -0.15) is 0 Å². The molecule has 0 atom stereocenters. The molecule has 2 heterocycles. The SMILES string of the molecule is NN1CCCC1.[CH-]1COC1.[Na+]. The van der Waals surface area contributed by atoms with Crippen molar-refractivity contribution in [1.82, 2.24) is 5.01 Å². The first-order valence-corrected chi connectivity index (χ1v) is 3.78. The van der Waals surface area contributed by atoms with E-state index in [1.807, 2.05) is 5.01 Å². The van der Waals surface area contributed by atoms with Crippen molar-refractivity contribution in [2.75, 3.05) is 26.3 Å². The molecule has 60 valence electrons. The maximum Gasteiger partial charge on any atom is 1.00 e. The summed E-state index contributed by atoms with van der Waals surface area (Å²) in [5.74, 6) is 5.37. The molecule has 4 heteroatoms. The molecular formula is C7H15N2NaO. The first-order chi connectivity index (χ1) is 4.89. The predicted octanol–water partition coefficient (Wildman–Crippen LogP) is -2.82. The molecule has 0 bridgehead atoms. The van der Waals surface area contributed by atoms with Gasteiger partial charge >= 0.3 is 29.6 Å². The van der Waals surface area contributed by atoms with E-state index < -0.39 is 0 Å². The molecule has 0 saturated carbocycles. The standard InChI is InChI=1S/C4H10N2.C3H5O.Na/c5-6-3-1-2-4-6;1-2-4-3-1;/h1-5H2;1H,2-3H2;/q;-1;+1. The van der Waals surface area contributed by atoms with Gasteiger partial charge in [-0.1, -0.05) is 13.2 Å². The van der Waals surface area contributed by atoms with Crippen LogP contribution < -0.4 is 35.4 Å². The van der Waals surface area contributed by atoms with E-state index in [-0.39, 0.29) is 29.6 Å². The molecule has 3 nitrogen and oxygen atoms in total. The largest absolute Gasteiger partial charge is 1.00 e. The molecule has 0 radical (unpaired) electrons. The minimum atomic E-state index is 0. The van der Waals surface area contributed by atoms with Crippen LogP contribution in [0.1, 0.15) is 12.8 Å². The monoisotopic (exact) mass is 166 g/mol. The van der Waals surface area contributed by atoms with Crippen molar-refractivity contribution in [3.8, 4) is 0 Å². The van der Waals surface area contributed by atoms with Crippen LogP contribution >= 0.6 is 0 Å². The number of ether oxygens (including phenoxy) is 1. The Morgan fingerprint density at radius 2 is 1.55 bits per heavy atom. The normalized spacial score (nSPS) is 22.6. The molecule has 0 aromatic rings. The van der Waals surface area contributed by atoms with Gasteiger partial charge in [0.2, 0.25) is 0 Å². The average Bonchev–Trinajstić information content (AvgIpc) is 2.12. The van der Waals surface area contributed by atoms with E-state index in [1.165, 1.54) is 12.8 Å². The van der Waals surface area contributed by atoms with Crippen LogP contribution in [0.3, 0.4) is 0 Å². The van der Waals surface area contributed by atoms with Crippen molar-refractivity contribution in [3.63, 3.8) is 0 Å². The Hall–Kier alpha value is 0.880. The summed E-state index contributed by atoms with van der Waals surface area (Å²) >= 11 is 0. The minimum absolute atomic E-state index is 0. The summed E-state index contributed by atoms with van der Waals surface area (Å²) in [6.45, 7) is 3.94. The van der Waals surface area contributed by atoms with E-state index in [1.54, 1.807) is 0 Å². The third kappa shape index (κ3) is 6.08. The Labute approximate surface area is 90.5 Å². The quantitative estimate of drug-likeness (QED) is 0.240. The van der Waals surface area contributed by atoms with E-state index in [4.69, 9.17) is 5.84 Å². The Balaban J connectivity index is 0.000000177. The van der Waals surface area contributed by atoms with Crippen LogP contribution in [0, 0.1) is 6.42 Å². The maximum atomic E-state index is 5.37. The summed E-state index contributed by atoms with van der Waals surface area (Å²) < 4.78 is 4.67. The molecule has 0 spiro atoms. The molecule has 0 aromatic carbocycles. The van der Waals surface area contributed by atoms with Gasteiger partial charge in [0.15, 0.2) is 0 Å². The molecular weight excluding hydrogens is 151 g/mol. The number of rotatable bonds is 0. The van der Waals surface area contributed by atoms with Crippen molar-refractivity contribution in [1.29, 1.82) is 0 Å². The van der Waals surface area contributed by atoms with Gasteiger partial charge in [-0.25, -0.2) is 5.01 Å². The zero-order valence-corrected chi connectivity index (χ0v) is 9.25. The van der Waals surface area contributed by atoms with Crippen molar-refractivity contribution in [3.05, 3.63) is 6.42 Å². The Kier molecular flexibility index (Phi) is 8.13. The zero-order valence-electron chi connectivity index (χ0n) is 7.25. The van der Waals surface area contributed by atoms with Gasteiger partial charge in [-0.05, 0) is 12.8 Å². The molecule has 2 fully saturated rings. The molecule has 2 aliphatic heterocycles. The van der Waals surface area contributed by atoms with Gasteiger partial charge in [-0.15, -0.1) is 0 Å². The molecule has 11 heavy (non-hydrogen) atoms. The van der Waals surface area contributed by atoms with Crippen molar-refractivity contribution < 1.29 is 34.3 Å². The van der Waals surface area contributed by atoms with Crippen LogP contribution in [0.25, 0.3) is 0 Å². The summed E-state index contributed by atoms with van der Waals surface area (Å²) in [4.78, 5) is 0. The molecule has 2 N–H and O–H groups in total. The van der Waals surface area contributed by atoms with Crippen LogP contribution in [0.2, 0.25) is 0 Å². The Bertz CT molecular complexity index is 78.5. The van der Waals surface area contributed by atoms with Gasteiger partial charge in [0.1, 0.15) is 0 Å². The van der Waals surface area contributed by atoms with Crippen LogP contribution in [0.5, 0.6) is 0 Å². The number of hydrogen-bond acceptors (Lipinski definition) is 3. The first-order valence-electron chi connectivity index (χ1n) is 3.78. The van der Waals surface area contributed by atoms with Gasteiger partial charge in [0, 0.05) is 13.1 Å². The first kappa shape index (κ1) is 11.9. The summed E-state index contributed by atoms with van der Waals surface area (Å²) in [6, 6.07) is 0. The second kappa shape index (κ2) is 7.53. The Morgan fingerprint density at radius 3 is 1.64 bits per heavy atom. The predicted molar refractivity (Wildman–Crippen MR) is 40.1 cm³/mol. The van der Waals surface area contributed by atoms with E-state index in [2.05, 4.69) is 11.2 Å². The molecule has 0 amide bonds. The van der Waals surface area contributed by atoms with E-state index in [0.717, 1.165) is 26.3 Å². The fourth-order valence-corrected chi connectivity index (χ4v) is 0.859. The number of hydrazine groups is 1. The third-order valence-electron chi connectivity index (χ3n) is 1.61. The molecule has 2 saturated heterocycles. The summed E-state index contributed by atoms with van der Waals surface area (Å²) in [5.41, 5.74) is 0. The van der Waals surface area contributed by atoms with Crippen LogP contribution in [-0.2, 0) is 4.74 Å². The fraction of sp³-hybridized carbons (Fsp3) is 0.857. The maximum absolute atomic E-state index is 5.37. The summed E-state index contributed by atoms with van der Waals surface area (Å²) in [6.07, 6.45) is 4.66. The number of hydrogen-bond donors (Lipinski definition) is 1. The smallest absolute Gasteiger partial charge is 0.445 e. The second-order valence-corrected chi connectivity index (χ2v) is 2.57. The zero-order chi connectivity index (χ0) is 7.23. The van der Waals surface area contributed by atoms with E-state index in [9.17, 15) is 0 Å². The summed E-state index contributed by atoms with van der Waals surface area (Å²) in [7, 11) is 0. The summed E-state index contributed by atoms with van der Waals surface area (Å²) in [5, 5.41) is 1.86. The van der Waals surface area contributed by atoms with Gasteiger partial charge < -0.3 is 4.74 Å². The van der Waals surface area contributed by atoms with Crippen molar-refractivity contribution in [2.45, 2.75) is 12.8 Å². The molecule has 0 aliphatic carbocycles. The Morgan fingerprint density at radius 1 is 1.18 bits per heavy atom. The second-order valence-electron chi connectivity index (χ2n) is 2.57. The van der Waals surface area contributed by atoms with E-state index >= 15 is 0 Å².